The molecular formula is C24H28N2O6. The normalized spacial score (nSPS) is 10.2. The van der Waals surface area contributed by atoms with Crippen molar-refractivity contribution in [2.24, 2.45) is 0 Å². The fraction of sp³-hybridized carbons (Fsp3) is 0.250. The van der Waals surface area contributed by atoms with Crippen LogP contribution in [0.25, 0.3) is 0 Å². The number of benzene rings is 3. The highest BCUT2D eigenvalue weighted by Crippen LogP contribution is 2.46. The van der Waals surface area contributed by atoms with E-state index in [1.54, 1.807) is 48.7 Å². The second kappa shape index (κ2) is 10.4. The summed E-state index contributed by atoms with van der Waals surface area (Å²) in [5, 5.41) is 6.81. The summed E-state index contributed by atoms with van der Waals surface area (Å²) in [5.74, 6) is 3.51. The molecule has 0 saturated heterocycles. The maximum Gasteiger partial charge on any atom is 0.205 e. The zero-order valence-corrected chi connectivity index (χ0v) is 19.1. The minimum absolute atomic E-state index is 0.491. The van der Waals surface area contributed by atoms with E-state index in [-0.39, 0.29) is 0 Å². The minimum atomic E-state index is 0.491. The smallest absolute Gasteiger partial charge is 0.205 e. The third-order valence-corrected chi connectivity index (χ3v) is 4.87. The Morgan fingerprint density at radius 3 is 1.53 bits per heavy atom. The third kappa shape index (κ3) is 4.69. The number of nitrogens with one attached hydrogen (secondary N) is 2. The summed E-state index contributed by atoms with van der Waals surface area (Å²) in [5.41, 5.74) is 3.07. The summed E-state index contributed by atoms with van der Waals surface area (Å²) in [6, 6.07) is 15.0. The van der Waals surface area contributed by atoms with Gasteiger partial charge in [-0.2, -0.15) is 0 Å². The Balaban J connectivity index is 2.06. The highest BCUT2D eigenvalue weighted by molar-refractivity contribution is 5.84. The van der Waals surface area contributed by atoms with Crippen molar-refractivity contribution in [3.8, 4) is 34.5 Å². The van der Waals surface area contributed by atoms with E-state index in [1.807, 2.05) is 42.5 Å². The monoisotopic (exact) mass is 440 g/mol. The summed E-state index contributed by atoms with van der Waals surface area (Å²) in [6.45, 7) is 0. The predicted octanol–water partition coefficient (Wildman–Crippen LogP) is 5.23. The van der Waals surface area contributed by atoms with Crippen LogP contribution in [0.15, 0.2) is 48.5 Å². The van der Waals surface area contributed by atoms with E-state index in [4.69, 9.17) is 28.4 Å². The van der Waals surface area contributed by atoms with Crippen LogP contribution in [0.4, 0.5) is 22.7 Å². The van der Waals surface area contributed by atoms with Crippen LogP contribution in [0, 0.1) is 0 Å². The lowest BCUT2D eigenvalue weighted by molar-refractivity contribution is 0.325. The van der Waals surface area contributed by atoms with Crippen molar-refractivity contribution in [3.63, 3.8) is 0 Å². The average molecular weight is 440 g/mol. The molecule has 0 fully saturated rings. The molecule has 0 radical (unpaired) electrons. The highest BCUT2D eigenvalue weighted by Gasteiger charge is 2.18. The van der Waals surface area contributed by atoms with Gasteiger partial charge >= 0.3 is 0 Å². The molecule has 8 nitrogen and oxygen atoms in total. The van der Waals surface area contributed by atoms with Gasteiger partial charge in [0.15, 0.2) is 23.0 Å². The molecule has 32 heavy (non-hydrogen) atoms. The van der Waals surface area contributed by atoms with Crippen molar-refractivity contribution < 1.29 is 28.4 Å². The molecule has 0 heterocycles. The molecule has 170 valence electrons. The number of anilines is 4. The van der Waals surface area contributed by atoms with Crippen LogP contribution in [-0.2, 0) is 0 Å². The molecule has 3 aromatic rings. The predicted molar refractivity (Wildman–Crippen MR) is 125 cm³/mol. The highest BCUT2D eigenvalue weighted by atomic mass is 16.5. The zero-order chi connectivity index (χ0) is 23.1. The summed E-state index contributed by atoms with van der Waals surface area (Å²) >= 11 is 0. The Hall–Kier alpha value is -3.94. The Labute approximate surface area is 188 Å². The van der Waals surface area contributed by atoms with E-state index < -0.39 is 0 Å². The first-order valence-electron chi connectivity index (χ1n) is 9.81. The molecular weight excluding hydrogens is 412 g/mol. The fourth-order valence-electron chi connectivity index (χ4n) is 3.26. The minimum Gasteiger partial charge on any atom is -0.497 e. The van der Waals surface area contributed by atoms with Gasteiger partial charge in [0.05, 0.1) is 59.7 Å². The van der Waals surface area contributed by atoms with Gasteiger partial charge in [0.2, 0.25) is 5.75 Å². The molecule has 0 atom stereocenters. The lowest BCUT2D eigenvalue weighted by atomic mass is 10.2. The van der Waals surface area contributed by atoms with Gasteiger partial charge in [-0.3, -0.25) is 0 Å². The Kier molecular flexibility index (Phi) is 7.38. The van der Waals surface area contributed by atoms with Gasteiger partial charge in [0.25, 0.3) is 0 Å². The molecule has 0 aliphatic carbocycles. The Bertz CT molecular complexity index is 1050. The fourth-order valence-corrected chi connectivity index (χ4v) is 3.26. The summed E-state index contributed by atoms with van der Waals surface area (Å²) < 4.78 is 32.7. The van der Waals surface area contributed by atoms with E-state index in [0.29, 0.717) is 34.4 Å². The average Bonchev–Trinajstić information content (AvgIpc) is 2.84. The quantitative estimate of drug-likeness (QED) is 0.444. The van der Waals surface area contributed by atoms with E-state index in [2.05, 4.69) is 10.6 Å². The molecule has 3 aromatic carbocycles. The second-order valence-electron chi connectivity index (χ2n) is 6.61. The maximum absolute atomic E-state index is 5.61. The van der Waals surface area contributed by atoms with Crippen LogP contribution in [0.1, 0.15) is 0 Å². The van der Waals surface area contributed by atoms with Crippen molar-refractivity contribution >= 4 is 22.7 Å². The maximum atomic E-state index is 5.61. The number of methoxy groups -OCH3 is 6. The summed E-state index contributed by atoms with van der Waals surface area (Å²) in [4.78, 5) is 0. The zero-order valence-electron chi connectivity index (χ0n) is 19.1. The van der Waals surface area contributed by atoms with Crippen LogP contribution >= 0.6 is 0 Å². The van der Waals surface area contributed by atoms with Crippen molar-refractivity contribution in [3.05, 3.63) is 48.5 Å². The summed E-state index contributed by atoms with van der Waals surface area (Å²) in [6.07, 6.45) is 0. The van der Waals surface area contributed by atoms with E-state index in [0.717, 1.165) is 22.8 Å². The number of hydrogen-bond donors (Lipinski definition) is 2. The lowest BCUT2D eigenvalue weighted by Crippen LogP contribution is -2.03. The third-order valence-electron chi connectivity index (χ3n) is 4.87. The van der Waals surface area contributed by atoms with Crippen LogP contribution in [0.3, 0.4) is 0 Å². The van der Waals surface area contributed by atoms with Gasteiger partial charge in [-0.05, 0) is 36.4 Å². The molecule has 8 heteroatoms. The molecule has 0 aliphatic rings. The number of hydrogen-bond acceptors (Lipinski definition) is 8. The molecule has 0 aliphatic heterocycles. The van der Waals surface area contributed by atoms with Crippen molar-refractivity contribution in [2.75, 3.05) is 53.3 Å². The second-order valence-corrected chi connectivity index (χ2v) is 6.61. The number of rotatable bonds is 10. The molecule has 0 aromatic heterocycles. The SMILES string of the molecule is COc1ccc(Nc2cc(OC)c(OC)cc2Nc2ccc(OC)c(OC)c2OC)cc1. The van der Waals surface area contributed by atoms with Crippen molar-refractivity contribution in [2.45, 2.75) is 0 Å². The first-order chi connectivity index (χ1) is 15.6. The van der Waals surface area contributed by atoms with Gasteiger partial charge in [-0.15, -0.1) is 0 Å². The van der Waals surface area contributed by atoms with E-state index in [1.165, 1.54) is 0 Å². The number of ether oxygens (including phenoxy) is 6. The molecule has 0 bridgehead atoms. The van der Waals surface area contributed by atoms with Crippen LogP contribution in [0.5, 0.6) is 34.5 Å². The molecule has 0 saturated carbocycles. The van der Waals surface area contributed by atoms with Gasteiger partial charge in [0, 0.05) is 17.8 Å². The topological polar surface area (TPSA) is 79.4 Å². The van der Waals surface area contributed by atoms with Crippen molar-refractivity contribution in [1.82, 2.24) is 0 Å². The first-order valence-corrected chi connectivity index (χ1v) is 9.81. The van der Waals surface area contributed by atoms with Gasteiger partial charge in [0.1, 0.15) is 5.75 Å². The first kappa shape index (κ1) is 22.7. The molecule has 3 rings (SSSR count). The van der Waals surface area contributed by atoms with Crippen LogP contribution in [0.2, 0.25) is 0 Å². The summed E-state index contributed by atoms with van der Waals surface area (Å²) in [7, 11) is 9.55. The van der Waals surface area contributed by atoms with Crippen LogP contribution in [-0.4, -0.2) is 42.7 Å². The standard InChI is InChI=1S/C24H28N2O6/c1-27-16-9-7-15(8-10-16)25-18-13-21(29-3)22(30-4)14-19(18)26-17-11-12-20(28-2)24(32-6)23(17)31-5/h7-14,25-26H,1-6H3. The molecule has 2 N–H and O–H groups in total. The lowest BCUT2D eigenvalue weighted by Gasteiger charge is -2.20. The van der Waals surface area contributed by atoms with E-state index in [9.17, 15) is 0 Å². The van der Waals surface area contributed by atoms with Gasteiger partial charge < -0.3 is 39.1 Å². The van der Waals surface area contributed by atoms with Crippen LogP contribution < -0.4 is 39.1 Å². The van der Waals surface area contributed by atoms with Crippen molar-refractivity contribution in [1.29, 1.82) is 0 Å². The molecule has 0 unspecified atom stereocenters. The molecule has 0 spiro atoms. The Morgan fingerprint density at radius 1 is 0.469 bits per heavy atom. The van der Waals surface area contributed by atoms with E-state index >= 15 is 0 Å². The molecule has 0 amide bonds. The largest absolute Gasteiger partial charge is 0.497 e. The Morgan fingerprint density at radius 2 is 1.03 bits per heavy atom. The van der Waals surface area contributed by atoms with Gasteiger partial charge in [-0.25, -0.2) is 0 Å². The van der Waals surface area contributed by atoms with Gasteiger partial charge in [-0.1, -0.05) is 0 Å².